The van der Waals surface area contributed by atoms with Gasteiger partial charge < -0.3 is 24.5 Å². The maximum Gasteiger partial charge on any atom is 0.340 e. The molecule has 0 bridgehead atoms. The smallest absolute Gasteiger partial charge is 0.340 e. The number of nitrogen functional groups attached to an aromatic ring is 1. The number of nitrogens with zero attached hydrogens (tertiary/aromatic N) is 2. The number of nitrogens with two attached hydrogens (primary N) is 1. The summed E-state index contributed by atoms with van der Waals surface area (Å²) in [6.45, 7) is 11.1. The number of carbonyl (C=O) groups excluding carboxylic acids is 1. The van der Waals surface area contributed by atoms with Gasteiger partial charge in [-0.3, -0.25) is 4.90 Å². The lowest BCUT2D eigenvalue weighted by molar-refractivity contribution is 0.0365. The van der Waals surface area contributed by atoms with Crippen LogP contribution in [-0.4, -0.2) is 62.0 Å². The number of hydrogen-bond donors (Lipinski definition) is 1. The Hall–Kier alpha value is -2.25. The number of methoxy groups -OCH3 is 1. The second kappa shape index (κ2) is 8.19. The van der Waals surface area contributed by atoms with E-state index >= 15 is 0 Å². The van der Waals surface area contributed by atoms with Crippen LogP contribution in [0.25, 0.3) is 10.9 Å². The van der Waals surface area contributed by atoms with Crippen LogP contribution < -0.4 is 10.5 Å². The number of aryl methyl sites for hydroxylation is 1. The first-order valence-electron chi connectivity index (χ1n) is 9.42. The van der Waals surface area contributed by atoms with E-state index in [1.807, 2.05) is 19.9 Å². The third kappa shape index (κ3) is 3.61. The summed E-state index contributed by atoms with van der Waals surface area (Å²) in [4.78, 5) is 15.1. The number of benzene rings is 1. The Kier molecular flexibility index (Phi) is 5.92. The SMILES string of the molecule is CCOC(=O)c1c(C)n(CCN2CCOCC2)c2cc(C)c(OC)c(N)c12. The summed E-state index contributed by atoms with van der Waals surface area (Å²) in [5, 5.41) is 0.718. The molecule has 7 nitrogen and oxygen atoms in total. The van der Waals surface area contributed by atoms with E-state index in [1.165, 1.54) is 0 Å². The maximum absolute atomic E-state index is 12.7. The number of hydrogen-bond acceptors (Lipinski definition) is 6. The molecule has 1 aromatic carbocycles. The van der Waals surface area contributed by atoms with Crippen molar-refractivity contribution >= 4 is 22.6 Å². The van der Waals surface area contributed by atoms with Crippen molar-refractivity contribution in [2.45, 2.75) is 27.3 Å². The molecule has 0 spiro atoms. The van der Waals surface area contributed by atoms with Crippen LogP contribution in [0, 0.1) is 13.8 Å². The van der Waals surface area contributed by atoms with Gasteiger partial charge in [-0.25, -0.2) is 4.79 Å². The summed E-state index contributed by atoms with van der Waals surface area (Å²) >= 11 is 0. The molecule has 148 valence electrons. The van der Waals surface area contributed by atoms with Gasteiger partial charge in [0.15, 0.2) is 0 Å². The first kappa shape index (κ1) is 19.5. The fourth-order valence-corrected chi connectivity index (χ4v) is 3.86. The van der Waals surface area contributed by atoms with Crippen LogP contribution in [0.15, 0.2) is 6.07 Å². The molecule has 1 aliphatic heterocycles. The summed E-state index contributed by atoms with van der Waals surface area (Å²) in [5.74, 6) is 0.265. The lowest BCUT2D eigenvalue weighted by atomic mass is 10.1. The predicted molar refractivity (Wildman–Crippen MR) is 106 cm³/mol. The molecule has 0 unspecified atom stereocenters. The van der Waals surface area contributed by atoms with Gasteiger partial charge in [0.2, 0.25) is 0 Å². The highest BCUT2D eigenvalue weighted by Crippen LogP contribution is 2.39. The summed E-state index contributed by atoms with van der Waals surface area (Å²) in [7, 11) is 1.59. The molecule has 3 rings (SSSR count). The van der Waals surface area contributed by atoms with Crippen LogP contribution in [0.5, 0.6) is 5.75 Å². The van der Waals surface area contributed by atoms with E-state index in [4.69, 9.17) is 19.9 Å². The lowest BCUT2D eigenvalue weighted by Crippen LogP contribution is -2.38. The molecule has 0 atom stereocenters. The molecule has 0 aliphatic carbocycles. The first-order valence-corrected chi connectivity index (χ1v) is 9.42. The van der Waals surface area contributed by atoms with Gasteiger partial charge >= 0.3 is 5.97 Å². The number of fused-ring (bicyclic) bond motifs is 1. The van der Waals surface area contributed by atoms with Crippen molar-refractivity contribution in [2.24, 2.45) is 0 Å². The largest absolute Gasteiger partial charge is 0.494 e. The third-order valence-corrected chi connectivity index (χ3v) is 5.22. The summed E-state index contributed by atoms with van der Waals surface area (Å²) in [6.07, 6.45) is 0. The van der Waals surface area contributed by atoms with Gasteiger partial charge in [0, 0.05) is 37.3 Å². The Morgan fingerprint density at radius 3 is 2.59 bits per heavy atom. The van der Waals surface area contributed by atoms with E-state index in [-0.39, 0.29) is 5.97 Å². The molecule has 1 saturated heterocycles. The number of anilines is 1. The molecule has 2 heterocycles. The molecule has 2 aromatic rings. The average molecular weight is 375 g/mol. The van der Waals surface area contributed by atoms with Crippen molar-refractivity contribution < 1.29 is 19.0 Å². The molecule has 0 saturated carbocycles. The molecular weight excluding hydrogens is 346 g/mol. The third-order valence-electron chi connectivity index (χ3n) is 5.22. The topological polar surface area (TPSA) is 79.0 Å². The lowest BCUT2D eigenvalue weighted by Gasteiger charge is -2.27. The Labute approximate surface area is 160 Å². The Morgan fingerprint density at radius 1 is 1.26 bits per heavy atom. The highest BCUT2D eigenvalue weighted by molar-refractivity contribution is 6.12. The van der Waals surface area contributed by atoms with E-state index in [9.17, 15) is 4.79 Å². The van der Waals surface area contributed by atoms with Gasteiger partial charge in [-0.15, -0.1) is 0 Å². The molecule has 1 fully saturated rings. The molecule has 27 heavy (non-hydrogen) atoms. The number of esters is 1. The van der Waals surface area contributed by atoms with E-state index in [1.54, 1.807) is 14.0 Å². The summed E-state index contributed by atoms with van der Waals surface area (Å²) in [5.41, 5.74) is 10.2. The molecule has 1 aromatic heterocycles. The van der Waals surface area contributed by atoms with Crippen molar-refractivity contribution in [1.82, 2.24) is 9.47 Å². The number of carbonyl (C=O) groups is 1. The van der Waals surface area contributed by atoms with E-state index in [0.717, 1.165) is 61.6 Å². The quantitative estimate of drug-likeness (QED) is 0.617. The fourth-order valence-electron chi connectivity index (χ4n) is 3.86. The van der Waals surface area contributed by atoms with E-state index < -0.39 is 0 Å². The monoisotopic (exact) mass is 375 g/mol. The zero-order chi connectivity index (χ0) is 19.6. The van der Waals surface area contributed by atoms with Crippen LogP contribution in [0.3, 0.4) is 0 Å². The van der Waals surface area contributed by atoms with Crippen molar-refractivity contribution in [1.29, 1.82) is 0 Å². The van der Waals surface area contributed by atoms with Crippen molar-refractivity contribution in [2.75, 3.05) is 52.3 Å². The number of morpholine rings is 1. The van der Waals surface area contributed by atoms with Gasteiger partial charge in [0.1, 0.15) is 5.75 Å². The minimum Gasteiger partial charge on any atom is -0.494 e. The van der Waals surface area contributed by atoms with E-state index in [0.29, 0.717) is 23.6 Å². The minimum absolute atomic E-state index is 0.321. The van der Waals surface area contributed by atoms with Gasteiger partial charge in [-0.1, -0.05) is 0 Å². The van der Waals surface area contributed by atoms with Crippen LogP contribution in [-0.2, 0) is 16.0 Å². The highest BCUT2D eigenvalue weighted by Gasteiger charge is 2.25. The molecule has 0 amide bonds. The highest BCUT2D eigenvalue weighted by atomic mass is 16.5. The normalized spacial score (nSPS) is 15.3. The van der Waals surface area contributed by atoms with Crippen LogP contribution >= 0.6 is 0 Å². The minimum atomic E-state index is -0.345. The van der Waals surface area contributed by atoms with Gasteiger partial charge in [-0.05, 0) is 32.4 Å². The van der Waals surface area contributed by atoms with Crippen molar-refractivity contribution in [3.05, 3.63) is 22.9 Å². The standard InChI is InChI=1S/C20H29N3O4/c1-5-27-20(24)16-14(3)23(7-6-22-8-10-26-11-9-22)15-12-13(2)19(25-4)18(21)17(15)16/h12H,5-11,21H2,1-4H3. The van der Waals surface area contributed by atoms with E-state index in [2.05, 4.69) is 9.47 Å². The number of ether oxygens (including phenoxy) is 3. The molecular formula is C20H29N3O4. The summed E-state index contributed by atoms with van der Waals surface area (Å²) in [6, 6.07) is 2.04. The van der Waals surface area contributed by atoms with Gasteiger partial charge in [0.25, 0.3) is 0 Å². The Morgan fingerprint density at radius 2 is 1.96 bits per heavy atom. The number of aromatic nitrogens is 1. The molecule has 1 aliphatic rings. The molecule has 0 radical (unpaired) electrons. The molecule has 7 heteroatoms. The number of rotatable bonds is 6. The zero-order valence-electron chi connectivity index (χ0n) is 16.6. The second-order valence-corrected chi connectivity index (χ2v) is 6.82. The molecule has 2 N–H and O–H groups in total. The first-order chi connectivity index (χ1) is 13.0. The Bertz CT molecular complexity index is 838. The van der Waals surface area contributed by atoms with Crippen molar-refractivity contribution in [3.63, 3.8) is 0 Å². The second-order valence-electron chi connectivity index (χ2n) is 6.82. The zero-order valence-corrected chi connectivity index (χ0v) is 16.6. The van der Waals surface area contributed by atoms with Gasteiger partial charge in [0.05, 0.1) is 43.7 Å². The summed E-state index contributed by atoms with van der Waals surface area (Å²) < 4.78 is 18.4. The predicted octanol–water partition coefficient (Wildman–Crippen LogP) is 2.36. The van der Waals surface area contributed by atoms with Gasteiger partial charge in [-0.2, -0.15) is 0 Å². The fraction of sp³-hybridized carbons (Fsp3) is 0.550. The van der Waals surface area contributed by atoms with Crippen LogP contribution in [0.2, 0.25) is 0 Å². The van der Waals surface area contributed by atoms with Crippen LogP contribution in [0.1, 0.15) is 28.5 Å². The average Bonchev–Trinajstić information content (AvgIpc) is 2.93. The Balaban J connectivity index is 2.09. The van der Waals surface area contributed by atoms with Crippen LogP contribution in [0.4, 0.5) is 5.69 Å². The van der Waals surface area contributed by atoms with Crippen molar-refractivity contribution in [3.8, 4) is 5.75 Å². The maximum atomic E-state index is 12.7.